The molecule has 4 aliphatic carbocycles. The van der Waals surface area contributed by atoms with Gasteiger partial charge in [0.05, 0.1) is 28.2 Å². The Labute approximate surface area is 740 Å². The molecule has 17 rings (SSSR count). The minimum absolute atomic E-state index is 0. The quantitative estimate of drug-likeness (QED) is 0.0274. The number of aromatic nitrogens is 8. The fourth-order valence-electron chi connectivity index (χ4n) is 12.7. The van der Waals surface area contributed by atoms with Crippen molar-refractivity contribution in [3.05, 3.63) is 261 Å². The molecule has 10 heterocycles. The zero-order chi connectivity index (χ0) is 85.1. The number of hydrogen-bond donors (Lipinski definition) is 4. The van der Waals surface area contributed by atoms with Crippen LogP contribution in [0.3, 0.4) is 0 Å². The van der Waals surface area contributed by atoms with Gasteiger partial charge in [0, 0.05) is 121 Å². The number of carbonyl (C=O) groups excluding carboxylic acids is 7. The number of fused-ring (bicyclic) bond motifs is 11. The van der Waals surface area contributed by atoms with Gasteiger partial charge < -0.3 is 29.6 Å². The van der Waals surface area contributed by atoms with Crippen molar-refractivity contribution in [2.75, 3.05) is 13.1 Å². The molecule has 0 saturated carbocycles. The summed E-state index contributed by atoms with van der Waals surface area (Å²) < 4.78 is 19.9. The van der Waals surface area contributed by atoms with Crippen molar-refractivity contribution >= 4 is 205 Å². The fourth-order valence-corrected chi connectivity index (χ4v) is 14.0. The number of H-pyrrole nitrogens is 3. The van der Waals surface area contributed by atoms with Crippen molar-refractivity contribution < 1.29 is 52.8 Å². The summed E-state index contributed by atoms with van der Waals surface area (Å²) in [5.74, 6) is -0.576. The molecule has 8 aromatic heterocycles. The third-order valence-electron chi connectivity index (χ3n) is 18.0. The number of pyridine rings is 7. The Morgan fingerprint density at radius 2 is 0.941 bits per heavy atom. The van der Waals surface area contributed by atoms with E-state index in [9.17, 15) is 47.7 Å². The van der Waals surface area contributed by atoms with Crippen LogP contribution < -0.4 is 11.1 Å². The van der Waals surface area contributed by atoms with Crippen LogP contribution in [0.5, 0.6) is 0 Å². The third-order valence-corrected chi connectivity index (χ3v) is 19.9. The number of ketones is 3. The van der Waals surface area contributed by atoms with E-state index in [2.05, 4.69) is 94.7 Å². The van der Waals surface area contributed by atoms with E-state index < -0.39 is 34.5 Å². The van der Waals surface area contributed by atoms with Gasteiger partial charge in [-0.1, -0.05) is 159 Å². The van der Waals surface area contributed by atoms with Crippen molar-refractivity contribution in [3.8, 4) is 11.3 Å². The molecule has 1 unspecified atom stereocenters. The number of amides is 4. The molecular weight excluding hydrogens is 1800 g/mol. The number of aryl methyl sites for hydroxylation is 4. The number of benzene rings is 3. The summed E-state index contributed by atoms with van der Waals surface area (Å²) >= 11 is 46.1. The van der Waals surface area contributed by atoms with Crippen LogP contribution in [0.2, 0.25) is 25.8 Å². The van der Waals surface area contributed by atoms with Crippen LogP contribution in [0.4, 0.5) is 9.59 Å². The first-order valence-electron chi connectivity index (χ1n) is 36.6. The second kappa shape index (κ2) is 44.5. The van der Waals surface area contributed by atoms with Crippen molar-refractivity contribution in [3.63, 3.8) is 0 Å². The maximum atomic E-state index is 13.0. The first-order valence-corrected chi connectivity index (χ1v) is 43.8. The second-order valence-corrected chi connectivity index (χ2v) is 38.5. The summed E-state index contributed by atoms with van der Waals surface area (Å²) in [4.78, 5) is 135. The summed E-state index contributed by atoms with van der Waals surface area (Å²) in [6.07, 6.45) is 20.1. The smallest absolute Gasteiger partial charge is 0.417 e. The molecule has 1 saturated heterocycles. The number of nitrogens with one attached hydrogen (secondary N) is 3. The van der Waals surface area contributed by atoms with Crippen LogP contribution in [-0.2, 0) is 62.2 Å². The van der Waals surface area contributed by atoms with Gasteiger partial charge in [-0.25, -0.2) is 44.3 Å². The molecule has 24 nitrogen and oxygen atoms in total. The van der Waals surface area contributed by atoms with E-state index in [1.54, 1.807) is 115 Å². The fraction of sp³-hybridized carbons (Fsp3) is 0.298. The van der Waals surface area contributed by atoms with Gasteiger partial charge in [0.25, 0.3) is 5.91 Å². The largest absolute Gasteiger partial charge is 0.443 e. The summed E-state index contributed by atoms with van der Waals surface area (Å²) in [5, 5.41) is 17.3. The number of rotatable bonds is 0. The molecule has 4 N–H and O–H groups in total. The maximum absolute atomic E-state index is 13.0. The zero-order valence-electron chi connectivity index (χ0n) is 64.4. The number of piperidine rings is 1. The highest BCUT2D eigenvalue weighted by Crippen LogP contribution is 2.61. The van der Waals surface area contributed by atoms with Gasteiger partial charge in [-0.2, -0.15) is 0 Å². The maximum Gasteiger partial charge on any atom is 0.417 e. The normalized spacial score (nSPS) is 15.1. The number of nitrogens with zero attached hydrogens (tertiary/aromatic N) is 8. The Hall–Kier alpha value is -8.95. The predicted molar refractivity (Wildman–Crippen MR) is 476 cm³/mol. The number of alkyl halides is 1. The van der Waals surface area contributed by atoms with Gasteiger partial charge in [0.2, 0.25) is 17.0 Å². The molecule has 1 fully saturated rings. The topological polar surface area (TPSA) is 340 Å². The molecule has 3 aromatic carbocycles. The van der Waals surface area contributed by atoms with Crippen LogP contribution in [0.1, 0.15) is 164 Å². The van der Waals surface area contributed by atoms with Crippen molar-refractivity contribution in [2.24, 2.45) is 5.16 Å². The lowest BCUT2D eigenvalue weighted by molar-refractivity contribution is -0.138. The summed E-state index contributed by atoms with van der Waals surface area (Å²) in [6, 6.07) is 35.4. The number of aromatic amines is 3. The van der Waals surface area contributed by atoms with E-state index in [1.165, 1.54) is 4.90 Å². The average molecular weight is 1890 g/mol. The van der Waals surface area contributed by atoms with Gasteiger partial charge in [-0.3, -0.25) is 38.1 Å². The van der Waals surface area contributed by atoms with Crippen LogP contribution >= 0.6 is 125 Å². The van der Waals surface area contributed by atoms with Crippen LogP contribution in [-0.4, -0.2) is 131 Å². The summed E-state index contributed by atoms with van der Waals surface area (Å²) in [7, 11) is 0. The molecule has 628 valence electrons. The van der Waals surface area contributed by atoms with Crippen molar-refractivity contribution in [2.45, 2.75) is 148 Å². The minimum atomic E-state index is -3.22. The van der Waals surface area contributed by atoms with E-state index in [1.807, 2.05) is 84.9 Å². The van der Waals surface area contributed by atoms with Crippen LogP contribution in [0, 0.1) is 0 Å². The van der Waals surface area contributed by atoms with Crippen LogP contribution in [0.15, 0.2) is 173 Å². The van der Waals surface area contributed by atoms with Gasteiger partial charge in [-0.05, 0) is 218 Å². The number of oxime groups is 1. The molecule has 1 atom stereocenters. The Bertz CT molecular complexity index is 5640. The van der Waals surface area contributed by atoms with Crippen LogP contribution in [0.25, 0.3) is 43.6 Å². The Morgan fingerprint density at radius 1 is 0.521 bits per heavy atom. The Kier molecular flexibility index (Phi) is 36.4. The number of imide groups is 2. The van der Waals surface area contributed by atoms with E-state index in [0.29, 0.717) is 62.0 Å². The number of ether oxygens (including phenoxy) is 2. The first-order chi connectivity index (χ1) is 55.4. The Morgan fingerprint density at radius 3 is 1.45 bits per heavy atom. The van der Waals surface area contributed by atoms with Gasteiger partial charge in [-0.15, -0.1) is 12.4 Å². The third kappa shape index (κ3) is 29.2. The van der Waals surface area contributed by atoms with Crippen molar-refractivity contribution in [1.82, 2.24) is 49.7 Å². The lowest BCUT2D eigenvalue weighted by Gasteiger charge is -2.29. The standard InChI is InChI=1S/C19H20ClN3O3.C10H15NO4.C9H7BrClNO.C9H9ClN2O.C9H8ClNO.C9H6ClN.2C9H7NO.CH4.Cl3OP.ClH/c1-19(2,3)26-18(25)23-7-6-13-15(17(23)24)11-5-4-10-9-21-14(20)8-12(10)16(11)22-13;1-10(2,3)15-9(14)11-5-4-7(12)6-8(11)13;10-7-2-1-5-4-12-8(11)3-6(5)9(7)13;10-9-4-7-6(5-11-9)2-1-3-8(7)12-13;10-9-4-7-6(5-11-9)2-1-3-8(7)12;10-9-5-7-3-1-2-4-8(7)6-11-9;2*11-9-5-7-3-1-2-4-8(7)6-10-9;;1-5(2,3)4;/h8-9,22H,4-7H2,1-3H3;4-6H2,1-3H3;3-4,7H,1-2H2;4-5,13H,1-3H2;4-5H,1-3H2;1-6H;2*1-6H,(H,10,11);1H4;;1H/b;;;12-8+;;;;;;;. The van der Waals surface area contributed by atoms with Crippen molar-refractivity contribution in [1.29, 1.82) is 0 Å². The van der Waals surface area contributed by atoms with E-state index in [-0.39, 0.29) is 78.4 Å². The molecule has 119 heavy (non-hydrogen) atoms. The first kappa shape index (κ1) is 97.2. The van der Waals surface area contributed by atoms with E-state index in [4.69, 9.17) is 72.7 Å². The highest BCUT2D eigenvalue weighted by Gasteiger charge is 2.38. The van der Waals surface area contributed by atoms with E-state index in [0.717, 1.165) is 151 Å². The molecule has 0 spiro atoms. The molecule has 6 aliphatic rings. The molecule has 11 aromatic rings. The highest BCUT2D eigenvalue weighted by molar-refractivity contribution is 9.10. The number of carbonyl (C=O) groups is 7. The average Bonchev–Trinajstić information content (AvgIpc) is 1.59. The highest BCUT2D eigenvalue weighted by atomic mass is 79.9. The lowest BCUT2D eigenvalue weighted by Crippen LogP contribution is -2.45. The lowest BCUT2D eigenvalue weighted by atomic mass is 9.88. The molecule has 0 bridgehead atoms. The molecule has 35 heteroatoms. The zero-order valence-corrected chi connectivity index (χ0v) is 73.7. The van der Waals surface area contributed by atoms with Gasteiger partial charge in [0.15, 0.2) is 11.6 Å². The number of likely N-dealkylation sites (tertiary alicyclic amines) is 1. The molecule has 2 aliphatic heterocycles. The minimum Gasteiger partial charge on any atom is -0.443 e. The predicted octanol–water partition coefficient (Wildman–Crippen LogP) is 21.8. The van der Waals surface area contributed by atoms with Gasteiger partial charge in [0.1, 0.15) is 42.8 Å². The SMILES string of the molecule is C.CC(C)(C)OC(=O)N1CCC(=O)CC1=O.CC(C)(C)OC(=O)N1CCc2[nH]c3c(c2C1=O)CCc1cnc(Cl)cc1-3.Cl.Clc1cc2ccccc2cn1.O/N=C1\CCCc2cnc(Cl)cc21.O=C1CCCc2cnc(Cl)cc21.O=C1c2cc(Cl)ncc2CCC1Br.O=P(Cl)(Cl)Cl.O=c1cc2ccccc2c[nH]1.O=c1cc2ccccc2c[nH]1. The number of Topliss-reactive ketones (excluding diaryl/α,β-unsaturated/α-hetero) is 3. The molecular formula is C84H84BrCl9N11O13P. The molecule has 0 radical (unpaired) electrons. The van der Waals surface area contributed by atoms with Gasteiger partial charge >= 0.3 is 17.4 Å². The summed E-state index contributed by atoms with van der Waals surface area (Å²) in [6.45, 7) is 11.0. The Balaban J connectivity index is 0.000000189. The number of halogens is 10. The monoisotopic (exact) mass is 1880 g/mol. The van der Waals surface area contributed by atoms with E-state index >= 15 is 0 Å². The molecule has 4 amide bonds. The second-order valence-electron chi connectivity index (χ2n) is 28.8. The number of hydrogen-bond acceptors (Lipinski definition) is 19. The summed E-state index contributed by atoms with van der Waals surface area (Å²) in [5.41, 5.74) is 10.4.